The third kappa shape index (κ3) is 4.30. The van der Waals surface area contributed by atoms with E-state index in [0.29, 0.717) is 23.9 Å². The molecule has 0 saturated heterocycles. The number of ether oxygens (including phenoxy) is 1. The average molecular weight is 290 g/mol. The van der Waals surface area contributed by atoms with Gasteiger partial charge in [0.05, 0.1) is 19.0 Å². The molecule has 0 aliphatic carbocycles. The van der Waals surface area contributed by atoms with Crippen LogP contribution in [0.15, 0.2) is 30.6 Å². The van der Waals surface area contributed by atoms with Crippen LogP contribution in [0.25, 0.3) is 0 Å². The van der Waals surface area contributed by atoms with E-state index in [1.165, 1.54) is 6.07 Å². The van der Waals surface area contributed by atoms with Gasteiger partial charge in [0.2, 0.25) is 0 Å². The van der Waals surface area contributed by atoms with Gasteiger partial charge >= 0.3 is 0 Å². The number of halogens is 1. The molecule has 0 fully saturated rings. The lowest BCUT2D eigenvalue weighted by Gasteiger charge is -2.10. The van der Waals surface area contributed by atoms with E-state index in [-0.39, 0.29) is 5.75 Å². The van der Waals surface area contributed by atoms with Crippen LogP contribution < -0.4 is 15.4 Å². The van der Waals surface area contributed by atoms with Gasteiger partial charge in [-0.1, -0.05) is 6.92 Å². The predicted octanol–water partition coefficient (Wildman–Crippen LogP) is 3.58. The highest BCUT2D eigenvalue weighted by atomic mass is 19.1. The molecule has 2 aromatic rings. The molecule has 0 saturated carbocycles. The zero-order valence-electron chi connectivity index (χ0n) is 12.2. The van der Waals surface area contributed by atoms with Crippen molar-refractivity contribution in [1.82, 2.24) is 9.97 Å². The molecular formula is C15H19FN4O. The summed E-state index contributed by atoms with van der Waals surface area (Å²) in [5, 5.41) is 6.17. The molecule has 1 heterocycles. The van der Waals surface area contributed by atoms with Gasteiger partial charge in [-0.2, -0.15) is 0 Å². The highest BCUT2D eigenvalue weighted by molar-refractivity contribution is 5.58. The topological polar surface area (TPSA) is 59.1 Å². The molecular weight excluding hydrogens is 271 g/mol. The van der Waals surface area contributed by atoms with Crippen LogP contribution in [0.5, 0.6) is 5.75 Å². The third-order valence-electron chi connectivity index (χ3n) is 2.69. The highest BCUT2D eigenvalue weighted by Crippen LogP contribution is 2.23. The zero-order chi connectivity index (χ0) is 15.1. The largest absolute Gasteiger partial charge is 0.491 e. The summed E-state index contributed by atoms with van der Waals surface area (Å²) in [6, 6.07) is 4.70. The summed E-state index contributed by atoms with van der Waals surface area (Å²) in [5.74, 6) is 1.08. The zero-order valence-corrected chi connectivity index (χ0v) is 12.2. The molecule has 1 aromatic carbocycles. The van der Waals surface area contributed by atoms with Crippen LogP contribution in [0.3, 0.4) is 0 Å². The van der Waals surface area contributed by atoms with Gasteiger partial charge in [0, 0.05) is 18.3 Å². The molecule has 2 N–H and O–H groups in total. The number of anilines is 3. The summed E-state index contributed by atoms with van der Waals surface area (Å²) in [4.78, 5) is 8.45. The monoisotopic (exact) mass is 290 g/mol. The maximum atomic E-state index is 13.8. The van der Waals surface area contributed by atoms with E-state index in [4.69, 9.17) is 4.74 Å². The Labute approximate surface area is 123 Å². The van der Waals surface area contributed by atoms with Gasteiger partial charge in [-0.25, -0.2) is 9.37 Å². The Morgan fingerprint density at radius 1 is 1.19 bits per heavy atom. The van der Waals surface area contributed by atoms with Crippen LogP contribution in [-0.2, 0) is 0 Å². The lowest BCUT2D eigenvalue weighted by Crippen LogP contribution is -2.04. The quantitative estimate of drug-likeness (QED) is 0.816. The Balaban J connectivity index is 2.09. The summed E-state index contributed by atoms with van der Waals surface area (Å²) < 4.78 is 18.9. The van der Waals surface area contributed by atoms with Crippen molar-refractivity contribution in [3.8, 4) is 5.75 Å². The van der Waals surface area contributed by atoms with Crippen molar-refractivity contribution in [2.75, 3.05) is 23.8 Å². The summed E-state index contributed by atoms with van der Waals surface area (Å²) in [6.45, 7) is 5.15. The molecule has 0 bridgehead atoms. The standard InChI is InChI=1S/C15H19FN4O/c1-3-7-18-14-9-17-10-15(20-14)19-11-5-6-13(21-4-2)12(16)8-11/h5-6,8-10H,3-4,7H2,1-2H3,(H2,18,19,20). The summed E-state index contributed by atoms with van der Waals surface area (Å²) >= 11 is 0. The fourth-order valence-electron chi connectivity index (χ4n) is 1.76. The summed E-state index contributed by atoms with van der Waals surface area (Å²) in [6.07, 6.45) is 4.24. The van der Waals surface area contributed by atoms with Crippen molar-refractivity contribution in [3.63, 3.8) is 0 Å². The molecule has 21 heavy (non-hydrogen) atoms. The van der Waals surface area contributed by atoms with Crippen molar-refractivity contribution >= 4 is 17.3 Å². The number of hydrogen-bond acceptors (Lipinski definition) is 5. The first-order chi connectivity index (χ1) is 10.2. The van der Waals surface area contributed by atoms with Gasteiger partial charge in [-0.05, 0) is 25.5 Å². The molecule has 0 aliphatic rings. The van der Waals surface area contributed by atoms with Gasteiger partial charge in [0.1, 0.15) is 5.82 Å². The van der Waals surface area contributed by atoms with Crippen LogP contribution in [0.2, 0.25) is 0 Å². The van der Waals surface area contributed by atoms with Crippen molar-refractivity contribution < 1.29 is 9.13 Å². The first-order valence-corrected chi connectivity index (χ1v) is 6.98. The number of nitrogens with one attached hydrogen (secondary N) is 2. The van der Waals surface area contributed by atoms with Crippen LogP contribution in [0, 0.1) is 5.82 Å². The van der Waals surface area contributed by atoms with Crippen molar-refractivity contribution in [2.24, 2.45) is 0 Å². The lowest BCUT2D eigenvalue weighted by molar-refractivity contribution is 0.321. The molecule has 0 aliphatic heterocycles. The van der Waals surface area contributed by atoms with Crippen LogP contribution in [-0.4, -0.2) is 23.1 Å². The minimum atomic E-state index is -0.407. The Hall–Kier alpha value is -2.37. The first-order valence-electron chi connectivity index (χ1n) is 6.98. The molecule has 112 valence electrons. The molecule has 0 atom stereocenters. The van der Waals surface area contributed by atoms with Crippen LogP contribution in [0.4, 0.5) is 21.7 Å². The molecule has 1 aromatic heterocycles. The van der Waals surface area contributed by atoms with E-state index < -0.39 is 5.82 Å². The van der Waals surface area contributed by atoms with Crippen LogP contribution in [0.1, 0.15) is 20.3 Å². The SMILES string of the molecule is CCCNc1cncc(Nc2ccc(OCC)c(F)c2)n1. The van der Waals surface area contributed by atoms with Crippen molar-refractivity contribution in [2.45, 2.75) is 20.3 Å². The molecule has 0 radical (unpaired) electrons. The number of nitrogens with zero attached hydrogens (tertiary/aromatic N) is 2. The maximum Gasteiger partial charge on any atom is 0.167 e. The van der Waals surface area contributed by atoms with E-state index in [9.17, 15) is 4.39 Å². The third-order valence-corrected chi connectivity index (χ3v) is 2.69. The lowest BCUT2D eigenvalue weighted by atomic mass is 10.3. The minimum Gasteiger partial charge on any atom is -0.491 e. The van der Waals surface area contributed by atoms with E-state index in [1.54, 1.807) is 24.5 Å². The Morgan fingerprint density at radius 3 is 2.71 bits per heavy atom. The van der Waals surface area contributed by atoms with Gasteiger partial charge < -0.3 is 15.4 Å². The first kappa shape index (κ1) is 15.0. The van der Waals surface area contributed by atoms with Crippen molar-refractivity contribution in [3.05, 3.63) is 36.4 Å². The average Bonchev–Trinajstić information content (AvgIpc) is 2.48. The van der Waals surface area contributed by atoms with E-state index in [0.717, 1.165) is 13.0 Å². The van der Waals surface area contributed by atoms with Gasteiger partial charge in [-0.3, -0.25) is 4.98 Å². The predicted molar refractivity (Wildman–Crippen MR) is 81.7 cm³/mol. The second-order valence-corrected chi connectivity index (χ2v) is 4.42. The van der Waals surface area contributed by atoms with E-state index >= 15 is 0 Å². The number of rotatable bonds is 7. The Morgan fingerprint density at radius 2 is 2.00 bits per heavy atom. The second-order valence-electron chi connectivity index (χ2n) is 4.42. The number of aromatic nitrogens is 2. The Kier molecular flexibility index (Phi) is 5.31. The Bertz CT molecular complexity index is 592. The van der Waals surface area contributed by atoms with Gasteiger partial charge in [-0.15, -0.1) is 0 Å². The summed E-state index contributed by atoms with van der Waals surface area (Å²) in [5.41, 5.74) is 0.595. The summed E-state index contributed by atoms with van der Waals surface area (Å²) in [7, 11) is 0. The number of hydrogen-bond donors (Lipinski definition) is 2. The minimum absolute atomic E-state index is 0.243. The molecule has 0 spiro atoms. The second kappa shape index (κ2) is 7.42. The molecule has 6 heteroatoms. The van der Waals surface area contributed by atoms with Gasteiger partial charge in [0.15, 0.2) is 17.4 Å². The molecule has 0 amide bonds. The molecule has 0 unspecified atom stereocenters. The normalized spacial score (nSPS) is 10.2. The van der Waals surface area contributed by atoms with Crippen molar-refractivity contribution in [1.29, 1.82) is 0 Å². The molecule has 5 nitrogen and oxygen atoms in total. The molecule has 2 rings (SSSR count). The highest BCUT2D eigenvalue weighted by Gasteiger charge is 2.05. The van der Waals surface area contributed by atoms with Gasteiger partial charge in [0.25, 0.3) is 0 Å². The maximum absolute atomic E-state index is 13.8. The number of benzene rings is 1. The van der Waals surface area contributed by atoms with Crippen LogP contribution >= 0.6 is 0 Å². The van der Waals surface area contributed by atoms with E-state index in [2.05, 4.69) is 27.5 Å². The fourth-order valence-corrected chi connectivity index (χ4v) is 1.76. The fraction of sp³-hybridized carbons (Fsp3) is 0.333. The van der Waals surface area contributed by atoms with E-state index in [1.807, 2.05) is 6.92 Å². The smallest absolute Gasteiger partial charge is 0.167 e.